The minimum Gasteiger partial charge on any atom is -0.396 e. The average Bonchev–Trinajstić information content (AvgIpc) is 2.12. The van der Waals surface area contributed by atoms with E-state index in [9.17, 15) is 0 Å². The number of hydrogen-bond donors (Lipinski definition) is 1. The number of rotatable bonds is 1. The van der Waals surface area contributed by atoms with Crippen LogP contribution in [0.1, 0.15) is 6.42 Å². The number of aliphatic hydroxyl groups is 1. The summed E-state index contributed by atoms with van der Waals surface area (Å²) in [5.74, 6) is 0.565. The summed E-state index contributed by atoms with van der Waals surface area (Å²) in [6.45, 7) is 0.361. The Morgan fingerprint density at radius 2 is 2.60 bits per heavy atom. The van der Waals surface area contributed by atoms with Crippen LogP contribution in [0.15, 0.2) is 0 Å². The summed E-state index contributed by atoms with van der Waals surface area (Å²) >= 11 is 0. The van der Waals surface area contributed by atoms with E-state index in [2.05, 4.69) is 6.42 Å². The summed E-state index contributed by atoms with van der Waals surface area (Å²) in [7, 11) is 0. The van der Waals surface area contributed by atoms with Crippen molar-refractivity contribution in [2.24, 2.45) is 5.92 Å². The second kappa shape index (κ2) is 0.977. The van der Waals surface area contributed by atoms with E-state index >= 15 is 0 Å². The van der Waals surface area contributed by atoms with Gasteiger partial charge in [-0.3, -0.25) is 0 Å². The Kier molecular flexibility index (Phi) is 0.618. The first-order chi connectivity index (χ1) is 2.43. The van der Waals surface area contributed by atoms with E-state index in [0.717, 1.165) is 6.42 Å². The molecule has 1 fully saturated rings. The number of hydrogen-bond acceptors (Lipinski definition) is 1. The molecule has 0 bridgehead atoms. The van der Waals surface area contributed by atoms with Crippen LogP contribution in [0.5, 0.6) is 0 Å². The smallest absolute Gasteiger partial charge is 0.0462 e. The summed E-state index contributed by atoms with van der Waals surface area (Å²) < 4.78 is 0. The Balaban J connectivity index is 2.00. The van der Waals surface area contributed by atoms with Gasteiger partial charge < -0.3 is 5.11 Å². The fraction of sp³-hybridized carbons (Fsp3) is 0.750. The van der Waals surface area contributed by atoms with Crippen LogP contribution in [0.4, 0.5) is 0 Å². The van der Waals surface area contributed by atoms with E-state index in [1.54, 1.807) is 0 Å². The first-order valence-electron chi connectivity index (χ1n) is 1.87. The zero-order valence-electron chi connectivity index (χ0n) is 3.02. The highest BCUT2D eigenvalue weighted by Crippen LogP contribution is 2.25. The third kappa shape index (κ3) is 0.618. The molecule has 0 spiro atoms. The SMILES string of the molecule is OC[C@@H]1[CH]C1. The normalized spacial score (nSPS) is 23.4. The predicted octanol–water partition coefficient (Wildman–Crippen LogP) is 0.203. The Labute approximate surface area is 31.6 Å². The lowest BCUT2D eigenvalue weighted by molar-refractivity contribution is 0.281. The van der Waals surface area contributed by atoms with Gasteiger partial charge in [-0.1, -0.05) is 0 Å². The van der Waals surface area contributed by atoms with Gasteiger partial charge in [0.15, 0.2) is 0 Å². The minimum absolute atomic E-state index is 0.361. The van der Waals surface area contributed by atoms with Crippen molar-refractivity contribution in [1.29, 1.82) is 0 Å². The van der Waals surface area contributed by atoms with Gasteiger partial charge in [0.1, 0.15) is 0 Å². The third-order valence-electron chi connectivity index (χ3n) is 0.804. The second-order valence-corrected chi connectivity index (χ2v) is 1.41. The topological polar surface area (TPSA) is 20.2 Å². The van der Waals surface area contributed by atoms with Crippen molar-refractivity contribution in [2.45, 2.75) is 6.42 Å². The summed E-state index contributed by atoms with van der Waals surface area (Å²) in [6, 6.07) is 0. The largest absolute Gasteiger partial charge is 0.396 e. The van der Waals surface area contributed by atoms with Gasteiger partial charge >= 0.3 is 0 Å². The Morgan fingerprint density at radius 1 is 2.00 bits per heavy atom. The van der Waals surface area contributed by atoms with Gasteiger partial charge in [-0.25, -0.2) is 0 Å². The van der Waals surface area contributed by atoms with Gasteiger partial charge in [0.25, 0.3) is 0 Å². The van der Waals surface area contributed by atoms with Crippen molar-refractivity contribution in [3.63, 3.8) is 0 Å². The van der Waals surface area contributed by atoms with Crippen LogP contribution in [0.2, 0.25) is 0 Å². The maximum Gasteiger partial charge on any atom is 0.0462 e. The van der Waals surface area contributed by atoms with E-state index in [4.69, 9.17) is 5.11 Å². The molecule has 1 N–H and O–H groups in total. The Hall–Kier alpha value is -0.0400. The molecule has 1 rings (SSSR count). The molecule has 1 saturated carbocycles. The predicted molar refractivity (Wildman–Crippen MR) is 19.5 cm³/mol. The fourth-order valence-electron chi connectivity index (χ4n) is 0.245. The maximum absolute atomic E-state index is 8.17. The van der Waals surface area contributed by atoms with Crippen LogP contribution in [0, 0.1) is 12.3 Å². The zero-order valence-corrected chi connectivity index (χ0v) is 3.02. The van der Waals surface area contributed by atoms with E-state index < -0.39 is 0 Å². The van der Waals surface area contributed by atoms with Crippen LogP contribution < -0.4 is 0 Å². The van der Waals surface area contributed by atoms with Crippen LogP contribution in [-0.4, -0.2) is 11.7 Å². The lowest BCUT2D eigenvalue weighted by atomic mass is 10.5. The van der Waals surface area contributed by atoms with E-state index in [-0.39, 0.29) is 0 Å². The molecule has 0 aromatic heterocycles. The van der Waals surface area contributed by atoms with Crippen molar-refractivity contribution in [3.8, 4) is 0 Å². The highest BCUT2D eigenvalue weighted by Gasteiger charge is 2.19. The quantitative estimate of drug-likeness (QED) is 0.468. The number of aliphatic hydroxyl groups excluding tert-OH is 1. The standard InChI is InChI=1S/C4H7O/c5-3-4-1-2-4/h1,4-5H,2-3H2/t4-/m1/s1. The molecule has 5 heavy (non-hydrogen) atoms. The molecular formula is C4H7O. The van der Waals surface area contributed by atoms with Crippen molar-refractivity contribution >= 4 is 0 Å². The summed E-state index contributed by atoms with van der Waals surface area (Å²) in [5, 5.41) is 8.17. The zero-order chi connectivity index (χ0) is 3.70. The highest BCUT2D eigenvalue weighted by molar-refractivity contribution is 4.93. The lowest BCUT2D eigenvalue weighted by Crippen LogP contribution is -1.78. The van der Waals surface area contributed by atoms with Gasteiger partial charge in [0.05, 0.1) is 0 Å². The molecular weight excluding hydrogens is 64.0 g/mol. The molecule has 0 aliphatic heterocycles. The van der Waals surface area contributed by atoms with Gasteiger partial charge in [0, 0.05) is 6.61 Å². The van der Waals surface area contributed by atoms with Crippen molar-refractivity contribution < 1.29 is 5.11 Å². The fourth-order valence-corrected chi connectivity index (χ4v) is 0.245. The summed E-state index contributed by atoms with van der Waals surface area (Å²) in [6.07, 6.45) is 3.23. The highest BCUT2D eigenvalue weighted by atomic mass is 16.3. The van der Waals surface area contributed by atoms with Crippen LogP contribution in [-0.2, 0) is 0 Å². The molecule has 1 heteroatoms. The van der Waals surface area contributed by atoms with Crippen molar-refractivity contribution in [2.75, 3.05) is 6.61 Å². The Bertz CT molecular complexity index is 30.6. The van der Waals surface area contributed by atoms with Crippen molar-refractivity contribution in [1.82, 2.24) is 0 Å². The minimum atomic E-state index is 0.361. The van der Waals surface area contributed by atoms with E-state index in [1.807, 2.05) is 0 Å². The van der Waals surface area contributed by atoms with Crippen LogP contribution >= 0.6 is 0 Å². The molecule has 1 atom stereocenters. The van der Waals surface area contributed by atoms with Gasteiger partial charge in [0.2, 0.25) is 0 Å². The summed E-state index contributed by atoms with van der Waals surface area (Å²) in [4.78, 5) is 0. The van der Waals surface area contributed by atoms with Gasteiger partial charge in [-0.05, 0) is 18.8 Å². The van der Waals surface area contributed by atoms with Gasteiger partial charge in [-0.2, -0.15) is 0 Å². The van der Waals surface area contributed by atoms with Crippen molar-refractivity contribution in [3.05, 3.63) is 6.42 Å². The first kappa shape index (κ1) is 3.16. The average molecular weight is 71.1 g/mol. The van der Waals surface area contributed by atoms with E-state index in [1.165, 1.54) is 0 Å². The first-order valence-corrected chi connectivity index (χ1v) is 1.87. The molecule has 0 unspecified atom stereocenters. The molecule has 1 aliphatic carbocycles. The molecule has 1 aliphatic rings. The third-order valence-corrected chi connectivity index (χ3v) is 0.804. The summed E-state index contributed by atoms with van der Waals surface area (Å²) in [5.41, 5.74) is 0. The molecule has 0 aromatic carbocycles. The van der Waals surface area contributed by atoms with Crippen LogP contribution in [0.25, 0.3) is 0 Å². The molecule has 0 amide bonds. The molecule has 0 saturated heterocycles. The molecule has 0 aromatic rings. The molecule has 1 nitrogen and oxygen atoms in total. The van der Waals surface area contributed by atoms with Gasteiger partial charge in [-0.15, -0.1) is 0 Å². The molecule has 1 radical (unpaired) electrons. The Morgan fingerprint density at radius 3 is 2.60 bits per heavy atom. The monoisotopic (exact) mass is 71.0 g/mol. The lowest BCUT2D eigenvalue weighted by Gasteiger charge is -1.73. The molecule has 29 valence electrons. The second-order valence-electron chi connectivity index (χ2n) is 1.41. The maximum atomic E-state index is 8.17. The van der Waals surface area contributed by atoms with E-state index in [0.29, 0.717) is 12.5 Å². The van der Waals surface area contributed by atoms with Crippen LogP contribution in [0.3, 0.4) is 0 Å². The molecule has 0 heterocycles.